The monoisotopic (exact) mass is 592 g/mol. The predicted octanol–water partition coefficient (Wildman–Crippen LogP) is 3.59. The Morgan fingerprint density at radius 2 is 1.68 bits per heavy atom. The van der Waals surface area contributed by atoms with Crippen LogP contribution in [0.1, 0.15) is 10.4 Å². The van der Waals surface area contributed by atoms with Crippen molar-refractivity contribution in [1.82, 2.24) is 0 Å². The molecule has 2 aromatic carbocycles. The number of carbonyl (C=O) groups excluding carboxylic acids is 1. The number of esters is 1. The summed E-state index contributed by atoms with van der Waals surface area (Å²) in [5.41, 5.74) is 5.27. The first kappa shape index (κ1) is 15.4. The molecule has 98 valence electrons. The van der Waals surface area contributed by atoms with Crippen molar-refractivity contribution in [3.8, 4) is 5.75 Å². The van der Waals surface area contributed by atoms with Gasteiger partial charge in [0.05, 0.1) is 5.56 Å². The van der Waals surface area contributed by atoms with Gasteiger partial charge in [0.2, 0.25) is 0 Å². The fraction of sp³-hybridized carbons (Fsp3) is 0. The molecule has 0 heterocycles. The van der Waals surface area contributed by atoms with Crippen molar-refractivity contribution in [2.24, 2.45) is 0 Å². The van der Waals surface area contributed by atoms with Crippen molar-refractivity contribution in [2.75, 3.05) is 0 Å². The van der Waals surface area contributed by atoms with E-state index < -0.39 is 0 Å². The van der Waals surface area contributed by atoms with E-state index >= 15 is 0 Å². The second-order valence-electron chi connectivity index (χ2n) is 3.78. The molecule has 0 unspecified atom stereocenters. The summed E-state index contributed by atoms with van der Waals surface area (Å²) in [7, 11) is 0. The minimum atomic E-state index is -0.336. The van der Waals surface area contributed by atoms with E-state index in [0.29, 0.717) is 11.3 Å². The quantitative estimate of drug-likeness (QED) is 0.251. The fourth-order valence-electron chi connectivity index (χ4n) is 1.42. The molecule has 0 atom stereocenters. The van der Waals surface area contributed by atoms with Crippen LogP contribution in [-0.4, -0.2) is 5.97 Å². The van der Waals surface area contributed by atoms with Gasteiger partial charge in [0.1, 0.15) is 11.4 Å². The smallest absolute Gasteiger partial charge is 0.344 e. The highest BCUT2D eigenvalue weighted by Crippen LogP contribution is 2.24. The molecule has 3 nitrogen and oxygen atoms in total. The van der Waals surface area contributed by atoms with E-state index in [2.05, 4.69) is 73.5 Å². The summed E-state index contributed by atoms with van der Waals surface area (Å²) >= 11 is 6.57. The molecule has 0 fully saturated rings. The number of rotatable bonds is 2. The average Bonchev–Trinajstić information content (AvgIpc) is 2.36. The Hall–Kier alpha value is 0.0600. The molecule has 0 radical (unpaired) electrons. The van der Waals surface area contributed by atoms with Crippen molar-refractivity contribution in [2.45, 2.75) is 0 Å². The molecule has 0 bridgehead atoms. The van der Waals surface area contributed by atoms with E-state index in [1.54, 1.807) is 12.1 Å². The van der Waals surface area contributed by atoms with Gasteiger partial charge in [-0.15, -0.1) is 0 Å². The predicted molar refractivity (Wildman–Crippen MR) is 98.5 cm³/mol. The molecule has 0 aromatic heterocycles. The van der Waals surface area contributed by atoms with E-state index in [-0.39, 0.29) is 5.97 Å². The molecule has 2 rings (SSSR count). The molecule has 0 aliphatic rings. The van der Waals surface area contributed by atoms with Gasteiger partial charge in [0.25, 0.3) is 0 Å². The first-order chi connectivity index (χ1) is 8.97. The van der Waals surface area contributed by atoms with Crippen LogP contribution in [0.4, 0.5) is 5.69 Å². The Bertz CT molecular complexity index is 627. The topological polar surface area (TPSA) is 53.9 Å². The summed E-state index contributed by atoms with van der Waals surface area (Å²) in [5.74, 6) is 0.194. The van der Waals surface area contributed by atoms with Crippen molar-refractivity contribution < 1.29 is 15.3 Å². The maximum atomic E-state index is 12.2. The lowest BCUT2D eigenvalue weighted by Gasteiger charge is -2.08. The van der Waals surface area contributed by atoms with E-state index in [9.17, 15) is 4.79 Å². The zero-order valence-electron chi connectivity index (χ0n) is 9.62. The lowest BCUT2D eigenvalue weighted by molar-refractivity contribution is -0.254. The van der Waals surface area contributed by atoms with Crippen LogP contribution in [0.2, 0.25) is 0 Å². The van der Waals surface area contributed by atoms with Gasteiger partial charge < -0.3 is 10.5 Å². The van der Waals surface area contributed by atoms with Gasteiger partial charge in [-0.05, 0) is 92.0 Å². The summed E-state index contributed by atoms with van der Waals surface area (Å²) in [6.07, 6.45) is 0. The molecule has 0 aliphatic heterocycles. The SMILES string of the molecule is [NH3+]c1ccc(OC(=O)c2cc(I)cc(I)c2I)cc1. The first-order valence-corrected chi connectivity index (χ1v) is 8.50. The molecular weight excluding hydrogens is 583 g/mol. The molecule has 6 heteroatoms. The molecule has 0 amide bonds. The molecule has 0 saturated heterocycles. The zero-order valence-corrected chi connectivity index (χ0v) is 16.1. The summed E-state index contributed by atoms with van der Waals surface area (Å²) in [4.78, 5) is 12.2. The largest absolute Gasteiger partial charge is 0.423 e. The van der Waals surface area contributed by atoms with Gasteiger partial charge in [-0.1, -0.05) is 0 Å². The maximum Gasteiger partial charge on any atom is 0.344 e. The summed E-state index contributed by atoms with van der Waals surface area (Å²) in [6, 6.07) is 11.0. The lowest BCUT2D eigenvalue weighted by atomic mass is 10.2. The number of hydrogen-bond acceptors (Lipinski definition) is 2. The lowest BCUT2D eigenvalue weighted by Crippen LogP contribution is -2.39. The minimum Gasteiger partial charge on any atom is -0.423 e. The zero-order chi connectivity index (χ0) is 14.0. The molecule has 0 spiro atoms. The van der Waals surface area contributed by atoms with Crippen molar-refractivity contribution in [3.05, 3.63) is 52.7 Å². The Kier molecular flexibility index (Phi) is 5.43. The van der Waals surface area contributed by atoms with Crippen molar-refractivity contribution >= 4 is 79.4 Å². The molecule has 0 aliphatic carbocycles. The third-order valence-electron chi connectivity index (χ3n) is 2.35. The van der Waals surface area contributed by atoms with Crippen LogP contribution in [-0.2, 0) is 0 Å². The molecular formula is C13H9I3NO2+. The number of quaternary nitrogens is 1. The molecule has 0 saturated carbocycles. The van der Waals surface area contributed by atoms with Crippen LogP contribution in [0, 0.1) is 10.7 Å². The second kappa shape index (κ2) is 6.68. The summed E-state index contributed by atoms with van der Waals surface area (Å²) in [5, 5.41) is 0. The second-order valence-corrected chi connectivity index (χ2v) is 7.27. The van der Waals surface area contributed by atoms with E-state index in [1.807, 2.05) is 24.3 Å². The van der Waals surface area contributed by atoms with Gasteiger partial charge in [0.15, 0.2) is 0 Å². The third-order valence-corrected chi connectivity index (χ3v) is 6.01. The Balaban J connectivity index is 2.27. The average molecular weight is 592 g/mol. The number of hydrogen-bond donors (Lipinski definition) is 1. The van der Waals surface area contributed by atoms with Crippen molar-refractivity contribution in [1.29, 1.82) is 0 Å². The van der Waals surface area contributed by atoms with Crippen LogP contribution in [0.15, 0.2) is 36.4 Å². The summed E-state index contributed by atoms with van der Waals surface area (Å²) < 4.78 is 8.34. The fourth-order valence-corrected chi connectivity index (χ4v) is 3.80. The van der Waals surface area contributed by atoms with E-state index in [1.165, 1.54) is 0 Å². The number of halogens is 3. The van der Waals surface area contributed by atoms with Crippen LogP contribution in [0.5, 0.6) is 5.75 Å². The van der Waals surface area contributed by atoms with E-state index in [4.69, 9.17) is 4.74 Å². The van der Waals surface area contributed by atoms with Crippen LogP contribution in [0.3, 0.4) is 0 Å². The Morgan fingerprint density at radius 1 is 1.05 bits per heavy atom. The number of benzene rings is 2. The van der Waals surface area contributed by atoms with E-state index in [0.717, 1.165) is 16.4 Å². The molecule has 2 aromatic rings. The maximum absolute atomic E-state index is 12.2. The highest BCUT2D eigenvalue weighted by atomic mass is 127. The summed E-state index contributed by atoms with van der Waals surface area (Å²) in [6.45, 7) is 0. The van der Waals surface area contributed by atoms with Crippen LogP contribution in [0.25, 0.3) is 0 Å². The van der Waals surface area contributed by atoms with Crippen molar-refractivity contribution in [3.63, 3.8) is 0 Å². The first-order valence-electron chi connectivity index (χ1n) is 5.26. The number of carbonyl (C=O) groups is 1. The van der Waals surface area contributed by atoms with Crippen LogP contribution < -0.4 is 10.5 Å². The minimum absolute atomic E-state index is 0.336. The van der Waals surface area contributed by atoms with Gasteiger partial charge in [-0.2, -0.15) is 0 Å². The highest BCUT2D eigenvalue weighted by molar-refractivity contribution is 14.1. The van der Waals surface area contributed by atoms with Crippen LogP contribution >= 0.6 is 67.8 Å². The number of ether oxygens (including phenoxy) is 1. The van der Waals surface area contributed by atoms with Gasteiger partial charge in [0, 0.05) is 22.8 Å². The molecule has 19 heavy (non-hydrogen) atoms. The highest BCUT2D eigenvalue weighted by Gasteiger charge is 2.15. The standard InChI is InChI=1S/C13H8I3NO2/c14-7-5-10(12(16)11(15)6-7)13(18)19-9-3-1-8(17)2-4-9/h1-6H,17H2/p+1. The Morgan fingerprint density at radius 3 is 2.32 bits per heavy atom. The van der Waals surface area contributed by atoms with Gasteiger partial charge >= 0.3 is 5.97 Å². The molecule has 3 N–H and O–H groups in total. The normalized spacial score (nSPS) is 10.3. The Labute approximate surface area is 151 Å². The van der Waals surface area contributed by atoms with Gasteiger partial charge in [-0.25, -0.2) is 4.79 Å². The third kappa shape index (κ3) is 4.02. The van der Waals surface area contributed by atoms with Gasteiger partial charge in [-0.3, -0.25) is 0 Å².